The Morgan fingerprint density at radius 2 is 0.430 bits per heavy atom. The third kappa shape index (κ3) is 16.7. The molecule has 8 aromatic carbocycles. The summed E-state index contributed by atoms with van der Waals surface area (Å²) in [5.41, 5.74) is 7.91. The normalized spacial score (nSPS) is 23.0. The molecule has 2 fully saturated rings. The lowest BCUT2D eigenvalue weighted by Crippen LogP contribution is -2.66. The molecule has 2 heterocycles. The molecule has 2 aliphatic rings. The molecule has 0 amide bonds. The summed E-state index contributed by atoms with van der Waals surface area (Å²) >= 11 is 0. The van der Waals surface area contributed by atoms with Crippen molar-refractivity contribution in [3.63, 3.8) is 0 Å². The maximum absolute atomic E-state index is 7.43. The van der Waals surface area contributed by atoms with E-state index in [0.29, 0.717) is 13.2 Å². The molecule has 0 spiro atoms. The molecule has 0 aromatic heterocycles. The Balaban J connectivity index is 1.04. The molecular weight excluding hydrogens is 993 g/mol. The summed E-state index contributed by atoms with van der Waals surface area (Å²) in [4.78, 5) is 0. The molecule has 10 atom stereocenters. The molecule has 0 radical (unpaired) electrons. The molecule has 0 aliphatic carbocycles. The van der Waals surface area contributed by atoms with Gasteiger partial charge >= 0.3 is 0 Å². The highest BCUT2D eigenvalue weighted by atomic mass is 16.8. The van der Waals surface area contributed by atoms with Crippen molar-refractivity contribution in [1.29, 1.82) is 0 Å². The predicted octanol–water partition coefficient (Wildman–Crippen LogP) is 12.4. The molecule has 408 valence electrons. The first-order valence-electron chi connectivity index (χ1n) is 27.3. The molecule has 11 heteroatoms. The van der Waals surface area contributed by atoms with Crippen LogP contribution in [0, 0.1) is 0 Å². The van der Waals surface area contributed by atoms with Gasteiger partial charge in [-0.05, 0) is 44.5 Å². The van der Waals surface area contributed by atoms with E-state index in [2.05, 4.69) is 0 Å². The molecular formula is C68H70O11. The topological polar surface area (TPSA) is 102 Å². The van der Waals surface area contributed by atoms with Gasteiger partial charge in [0, 0.05) is 0 Å². The Morgan fingerprint density at radius 3 is 0.671 bits per heavy atom. The fourth-order valence-corrected chi connectivity index (χ4v) is 9.85. The van der Waals surface area contributed by atoms with Gasteiger partial charge in [0.25, 0.3) is 0 Å². The van der Waals surface area contributed by atoms with Gasteiger partial charge in [-0.1, -0.05) is 243 Å². The zero-order valence-electron chi connectivity index (χ0n) is 44.4. The molecule has 10 rings (SSSR count). The SMILES string of the molecule is c1ccc(COC[C@H]2O[C@H](O[C@H]3O[C@H](COCc4ccccc4)[C@H](OCc4ccccc4)[C@H](OCc4ccccc4)[C@H]3OCc3ccccc3)[C@H](OCc3ccccc3)[C@@H](OCc3ccccc3)[C@H]2OCc2ccccc2)cc1. The smallest absolute Gasteiger partial charge is 0.190 e. The highest BCUT2D eigenvalue weighted by Gasteiger charge is 2.54. The number of hydrogen-bond acceptors (Lipinski definition) is 11. The van der Waals surface area contributed by atoms with Gasteiger partial charge in [0.05, 0.1) is 66.1 Å². The maximum atomic E-state index is 7.43. The molecule has 2 saturated heterocycles. The lowest BCUT2D eigenvalue weighted by atomic mass is 9.96. The summed E-state index contributed by atoms with van der Waals surface area (Å²) in [7, 11) is 0. The van der Waals surface area contributed by atoms with E-state index < -0.39 is 61.4 Å². The quantitative estimate of drug-likeness (QED) is 0.0469. The second kappa shape index (κ2) is 30.1. The van der Waals surface area contributed by atoms with Crippen molar-refractivity contribution in [2.45, 2.75) is 114 Å². The highest BCUT2D eigenvalue weighted by Crippen LogP contribution is 2.37. The van der Waals surface area contributed by atoms with Crippen molar-refractivity contribution in [3.05, 3.63) is 287 Å². The van der Waals surface area contributed by atoms with Gasteiger partial charge in [0.15, 0.2) is 12.6 Å². The first kappa shape index (κ1) is 55.6. The van der Waals surface area contributed by atoms with Crippen LogP contribution in [0.25, 0.3) is 0 Å². The van der Waals surface area contributed by atoms with Crippen LogP contribution in [0.5, 0.6) is 0 Å². The Labute approximate surface area is 464 Å². The Hall–Kier alpha value is -6.68. The van der Waals surface area contributed by atoms with Gasteiger partial charge in [0.1, 0.15) is 48.8 Å². The van der Waals surface area contributed by atoms with E-state index in [1.165, 1.54) is 0 Å². The minimum atomic E-state index is -1.14. The van der Waals surface area contributed by atoms with Crippen LogP contribution in [0.2, 0.25) is 0 Å². The van der Waals surface area contributed by atoms with Crippen LogP contribution < -0.4 is 0 Å². The lowest BCUT2D eigenvalue weighted by molar-refractivity contribution is -0.394. The van der Waals surface area contributed by atoms with Crippen molar-refractivity contribution < 1.29 is 52.1 Å². The summed E-state index contributed by atoms with van der Waals surface area (Å²) in [6.45, 7) is 2.47. The van der Waals surface area contributed by atoms with Crippen LogP contribution in [0.3, 0.4) is 0 Å². The summed E-state index contributed by atoms with van der Waals surface area (Å²) < 4.78 is 77.6. The highest BCUT2D eigenvalue weighted by molar-refractivity contribution is 5.20. The molecule has 11 nitrogen and oxygen atoms in total. The maximum Gasteiger partial charge on any atom is 0.190 e. The summed E-state index contributed by atoms with van der Waals surface area (Å²) in [6, 6.07) is 80.6. The average Bonchev–Trinajstić information content (AvgIpc) is 3.56. The van der Waals surface area contributed by atoms with E-state index >= 15 is 0 Å². The molecule has 2 aliphatic heterocycles. The van der Waals surface area contributed by atoms with Crippen molar-refractivity contribution in [2.24, 2.45) is 0 Å². The van der Waals surface area contributed by atoms with Gasteiger partial charge in [-0.25, -0.2) is 0 Å². The summed E-state index contributed by atoms with van der Waals surface area (Å²) in [6.07, 6.45) is -8.43. The third-order valence-electron chi connectivity index (χ3n) is 13.9. The molecule has 0 N–H and O–H groups in total. The summed E-state index contributed by atoms with van der Waals surface area (Å²) in [5, 5.41) is 0. The van der Waals surface area contributed by atoms with Crippen LogP contribution >= 0.6 is 0 Å². The second-order valence-corrected chi connectivity index (χ2v) is 19.8. The first-order chi connectivity index (χ1) is 39.2. The number of benzene rings is 8. The van der Waals surface area contributed by atoms with Crippen molar-refractivity contribution >= 4 is 0 Å². The van der Waals surface area contributed by atoms with E-state index in [0.717, 1.165) is 44.5 Å². The fourth-order valence-electron chi connectivity index (χ4n) is 9.85. The minimum absolute atomic E-state index is 0.137. The van der Waals surface area contributed by atoms with Gasteiger partial charge in [-0.2, -0.15) is 0 Å². The third-order valence-corrected chi connectivity index (χ3v) is 13.9. The first-order valence-corrected chi connectivity index (χ1v) is 27.3. The monoisotopic (exact) mass is 1060 g/mol. The Morgan fingerprint density at radius 1 is 0.228 bits per heavy atom. The number of rotatable bonds is 28. The second-order valence-electron chi connectivity index (χ2n) is 19.8. The predicted molar refractivity (Wildman–Crippen MR) is 301 cm³/mol. The zero-order valence-corrected chi connectivity index (χ0v) is 44.4. The molecule has 0 unspecified atom stereocenters. The number of hydrogen-bond donors (Lipinski definition) is 0. The van der Waals surface area contributed by atoms with E-state index in [9.17, 15) is 0 Å². The summed E-state index contributed by atoms with van der Waals surface area (Å²) in [5.74, 6) is 0. The Kier molecular flexibility index (Phi) is 21.2. The van der Waals surface area contributed by atoms with E-state index in [-0.39, 0.29) is 52.9 Å². The van der Waals surface area contributed by atoms with Crippen LogP contribution in [0.15, 0.2) is 243 Å². The van der Waals surface area contributed by atoms with Crippen LogP contribution in [0.4, 0.5) is 0 Å². The molecule has 79 heavy (non-hydrogen) atoms. The van der Waals surface area contributed by atoms with Gasteiger partial charge in [0.2, 0.25) is 0 Å². The van der Waals surface area contributed by atoms with Gasteiger partial charge in [-0.15, -0.1) is 0 Å². The molecule has 8 aromatic rings. The number of ether oxygens (including phenoxy) is 11. The lowest BCUT2D eigenvalue weighted by Gasteiger charge is -2.49. The van der Waals surface area contributed by atoms with Crippen molar-refractivity contribution in [2.75, 3.05) is 13.2 Å². The largest absolute Gasteiger partial charge is 0.374 e. The molecule has 0 bridgehead atoms. The van der Waals surface area contributed by atoms with Crippen LogP contribution in [-0.2, 0) is 105 Å². The van der Waals surface area contributed by atoms with Crippen LogP contribution in [-0.4, -0.2) is 74.6 Å². The van der Waals surface area contributed by atoms with Gasteiger partial charge < -0.3 is 52.1 Å². The van der Waals surface area contributed by atoms with E-state index in [1.807, 2.05) is 243 Å². The standard InChI is InChI=1S/C68H70O11/c1-9-25-51(26-10-1)41-69-49-59-61(71-43-53-29-13-3-14-30-53)63(73-45-55-33-17-5-18-34-55)65(75-47-57-37-21-7-22-38-57)67(77-59)79-68-66(76-48-58-39-23-8-24-40-58)64(74-46-56-35-19-6-20-36-56)62(72-44-54-31-15-4-16-32-54)60(78-68)50-70-42-52-27-11-2-12-28-52/h1-40,59-68H,41-50H2/t59-,60-,61+,62+,63+,64+,65-,66-,67-,68-/m1/s1. The zero-order chi connectivity index (χ0) is 53.5. The molecule has 0 saturated carbocycles. The van der Waals surface area contributed by atoms with E-state index in [4.69, 9.17) is 52.1 Å². The van der Waals surface area contributed by atoms with Crippen LogP contribution in [0.1, 0.15) is 44.5 Å². The Bertz CT molecular complexity index is 2690. The minimum Gasteiger partial charge on any atom is -0.374 e. The van der Waals surface area contributed by atoms with Gasteiger partial charge in [-0.3, -0.25) is 0 Å². The average molecular weight is 1060 g/mol. The van der Waals surface area contributed by atoms with Crippen molar-refractivity contribution in [3.8, 4) is 0 Å². The fraction of sp³-hybridized carbons (Fsp3) is 0.294. The van der Waals surface area contributed by atoms with Crippen molar-refractivity contribution in [1.82, 2.24) is 0 Å². The van der Waals surface area contributed by atoms with E-state index in [1.54, 1.807) is 0 Å².